The summed E-state index contributed by atoms with van der Waals surface area (Å²) in [4.78, 5) is 62.8. The van der Waals surface area contributed by atoms with Gasteiger partial charge in [0.15, 0.2) is 0 Å². The maximum atomic E-state index is 15.2. The number of fused-ring (bicyclic) bond motifs is 6. The number of cyclic esters (lactones) is 1. The van der Waals surface area contributed by atoms with Crippen LogP contribution in [0.15, 0.2) is 76.5 Å². The molecule has 11 nitrogen and oxygen atoms in total. The molecule has 1 spiro atoms. The molecule has 2 amide bonds. The predicted octanol–water partition coefficient (Wildman–Crippen LogP) is 9.03. The van der Waals surface area contributed by atoms with E-state index in [4.69, 9.17) is 14.5 Å². The minimum Gasteiger partial charge on any atom is -0.427 e. The zero-order chi connectivity index (χ0) is 43.9. The molecule has 1 aromatic heterocycles. The number of nitrogens with zero attached hydrogens (tertiary/aromatic N) is 2. The van der Waals surface area contributed by atoms with Crippen LogP contribution in [0.1, 0.15) is 127 Å². The van der Waals surface area contributed by atoms with Gasteiger partial charge in [-0.1, -0.05) is 66.3 Å². The van der Waals surface area contributed by atoms with Crippen molar-refractivity contribution < 1.29 is 38.9 Å². The van der Waals surface area contributed by atoms with Crippen molar-refractivity contribution in [3.8, 4) is 0 Å². The van der Waals surface area contributed by atoms with Crippen molar-refractivity contribution in [1.29, 1.82) is 0 Å². The third-order valence-electron chi connectivity index (χ3n) is 17.4. The molecule has 9 bridgehead atoms. The summed E-state index contributed by atoms with van der Waals surface area (Å²) in [5.74, 6) is 0.0934. The van der Waals surface area contributed by atoms with Crippen LogP contribution in [0.2, 0.25) is 0 Å². The van der Waals surface area contributed by atoms with Gasteiger partial charge in [0.05, 0.1) is 11.0 Å². The second-order valence-electron chi connectivity index (χ2n) is 20.2. The molecule has 338 valence electrons. The first kappa shape index (κ1) is 42.7. The molecule has 7 heterocycles. The zero-order valence-electron chi connectivity index (χ0n) is 36.6. The second kappa shape index (κ2) is 16.8. The number of hydrogen-bond acceptors (Lipinski definition) is 12. The number of pyridine rings is 1. The predicted molar refractivity (Wildman–Crippen MR) is 245 cm³/mol. The summed E-state index contributed by atoms with van der Waals surface area (Å²) < 4.78 is 13.0. The Hall–Kier alpha value is -3.91. The summed E-state index contributed by atoms with van der Waals surface area (Å²) in [6, 6.07) is 1.96. The number of nitrogens with one attached hydrogen (secondary N) is 1. The van der Waals surface area contributed by atoms with Crippen molar-refractivity contribution in [2.75, 3.05) is 18.5 Å². The van der Waals surface area contributed by atoms with Crippen LogP contribution < -0.4 is 5.32 Å². The highest BCUT2D eigenvalue weighted by atomic mass is 33.1. The fraction of sp³-hybridized carbons (Fsp3) is 0.588. The number of ether oxygens (including phenoxy) is 2. The molecule has 64 heavy (non-hydrogen) atoms. The van der Waals surface area contributed by atoms with Crippen LogP contribution in [0.3, 0.4) is 0 Å². The van der Waals surface area contributed by atoms with Gasteiger partial charge in [-0.25, -0.2) is 14.6 Å². The van der Waals surface area contributed by atoms with E-state index in [9.17, 15) is 24.6 Å². The number of amides is 2. The first-order valence-electron chi connectivity index (χ1n) is 24.1. The fourth-order valence-electron chi connectivity index (χ4n) is 14.2. The lowest BCUT2D eigenvalue weighted by Gasteiger charge is -2.57. The average molecular weight is 906 g/mol. The van der Waals surface area contributed by atoms with Gasteiger partial charge >= 0.3 is 11.9 Å². The number of imide groups is 1. The van der Waals surface area contributed by atoms with Gasteiger partial charge in [-0.05, 0) is 135 Å². The number of carbonyl (C=O) groups is 4. The first-order valence-corrected chi connectivity index (χ1v) is 26.3. The number of esters is 2. The molecule has 12 aliphatic rings. The van der Waals surface area contributed by atoms with Crippen LogP contribution in [0.4, 0.5) is 5.82 Å². The van der Waals surface area contributed by atoms with Crippen molar-refractivity contribution in [2.45, 2.75) is 126 Å². The van der Waals surface area contributed by atoms with Gasteiger partial charge in [0.2, 0.25) is 0 Å². The maximum Gasteiger partial charge on any atom is 0.340 e. The highest BCUT2D eigenvalue weighted by Crippen LogP contribution is 2.72. The Bertz CT molecular complexity index is 2330. The molecule has 1 aromatic rings. The molecule has 13 heteroatoms. The highest BCUT2D eigenvalue weighted by molar-refractivity contribution is 8.77. The third-order valence-corrected chi connectivity index (χ3v) is 20.0. The molecule has 3 N–H and O–H groups in total. The van der Waals surface area contributed by atoms with E-state index >= 15 is 4.79 Å². The lowest BCUT2D eigenvalue weighted by atomic mass is 9.43. The summed E-state index contributed by atoms with van der Waals surface area (Å²) >= 11 is 0. The maximum absolute atomic E-state index is 15.2. The average Bonchev–Trinajstić information content (AvgIpc) is 4.07. The van der Waals surface area contributed by atoms with E-state index < -0.39 is 22.7 Å². The van der Waals surface area contributed by atoms with Gasteiger partial charge < -0.3 is 25.0 Å². The minimum absolute atomic E-state index is 0.000705. The second-order valence-corrected chi connectivity index (χ2v) is 22.7. The topological polar surface area (TPSA) is 155 Å². The smallest absolute Gasteiger partial charge is 0.340 e. The van der Waals surface area contributed by atoms with Gasteiger partial charge in [-0.15, -0.1) is 0 Å². The largest absolute Gasteiger partial charge is 0.427 e. The van der Waals surface area contributed by atoms with E-state index in [2.05, 4.69) is 36.5 Å². The minimum atomic E-state index is -0.977. The highest BCUT2D eigenvalue weighted by Gasteiger charge is 2.69. The zero-order valence-corrected chi connectivity index (χ0v) is 38.2. The van der Waals surface area contributed by atoms with Crippen LogP contribution in [0.5, 0.6) is 0 Å². The van der Waals surface area contributed by atoms with E-state index in [-0.39, 0.29) is 71.3 Å². The third kappa shape index (κ3) is 6.86. The quantitative estimate of drug-likeness (QED) is 0.130. The standard InChI is InChI=1S/C51H59N3O8S2/c1-2-50(21-3-4-22-50)26-37-35-12-11-33-32-19-23-51(44(33)43(35)47(58)61-37)38-15-13-30(29-9-7-28(8-10-29)6-5-25-55)49(60)64-63-39-16-14-34-31(20-24-52-46(34)53-39)36(42(32)45(51)48(59)62-38)27-54-40(56)17-18-41(54)57/h14-18,20,24,26,28-30,32-33,36,39,44,49,55,60H,2-13,19,21-23,25,27H2,1H3,(H,52,53). The number of aliphatic hydroxyl groups is 2. The van der Waals surface area contributed by atoms with E-state index in [1.165, 1.54) is 27.8 Å². The molecule has 0 aromatic carbocycles. The molecule has 13 rings (SSSR count). The molecule has 6 aliphatic heterocycles. The Morgan fingerprint density at radius 2 is 1.75 bits per heavy atom. The van der Waals surface area contributed by atoms with Gasteiger partial charge in [0.1, 0.15) is 28.1 Å². The molecule has 6 aliphatic carbocycles. The Labute approximate surface area is 383 Å². The lowest BCUT2D eigenvalue weighted by molar-refractivity contribution is -0.137. The van der Waals surface area contributed by atoms with Gasteiger partial charge in [0.25, 0.3) is 11.8 Å². The monoisotopic (exact) mass is 905 g/mol. The number of hydrogen-bond donors (Lipinski definition) is 3. The van der Waals surface area contributed by atoms with Crippen LogP contribution >= 0.6 is 21.6 Å². The molecular formula is C51H59N3O8S2. The van der Waals surface area contributed by atoms with Crippen LogP contribution in [0, 0.1) is 46.3 Å². The van der Waals surface area contributed by atoms with E-state index in [0.717, 1.165) is 106 Å². The van der Waals surface area contributed by atoms with Gasteiger partial charge in [-0.2, -0.15) is 0 Å². The van der Waals surface area contributed by atoms with E-state index in [1.807, 2.05) is 6.07 Å². The van der Waals surface area contributed by atoms with Gasteiger partial charge in [0, 0.05) is 66.0 Å². The summed E-state index contributed by atoms with van der Waals surface area (Å²) in [6.45, 7) is 2.48. The Balaban J connectivity index is 1.10. The molecular weight excluding hydrogens is 847 g/mol. The molecule has 8 unspecified atom stereocenters. The fourth-order valence-corrected chi connectivity index (χ4v) is 16.7. The number of anilines is 1. The Morgan fingerprint density at radius 3 is 2.52 bits per heavy atom. The number of aromatic nitrogens is 1. The van der Waals surface area contributed by atoms with Crippen LogP contribution in [-0.2, 0) is 28.7 Å². The normalized spacial score (nSPS) is 36.7. The van der Waals surface area contributed by atoms with Crippen molar-refractivity contribution in [2.24, 2.45) is 46.3 Å². The van der Waals surface area contributed by atoms with E-state index in [1.54, 1.807) is 17.0 Å². The SMILES string of the molecule is CCC1(C=C2OC(=O)C3=C2CCC2C4CCC5(C6=CCC(C7CCC(CCCO)CC7)C(O)SSC7C=Cc8c(ccnc8N7)C(CN7C(=O)C=CC7=O)C4=C5C(=O)O6)C32)CCCC1. The van der Waals surface area contributed by atoms with Crippen molar-refractivity contribution in [3.63, 3.8) is 0 Å². The molecule has 3 saturated carbocycles. The van der Waals surface area contributed by atoms with Gasteiger partial charge in [-0.3, -0.25) is 14.5 Å². The number of rotatable bonds is 8. The summed E-state index contributed by atoms with van der Waals surface area (Å²) in [6.07, 6.45) is 27.6. The van der Waals surface area contributed by atoms with Crippen molar-refractivity contribution >= 4 is 57.2 Å². The number of aliphatic hydroxyl groups excluding tert-OH is 2. The molecule has 4 fully saturated rings. The van der Waals surface area contributed by atoms with Crippen molar-refractivity contribution in [1.82, 2.24) is 9.88 Å². The summed E-state index contributed by atoms with van der Waals surface area (Å²) in [5.41, 5.74) is 3.19. The Kier molecular flexibility index (Phi) is 11.2. The Morgan fingerprint density at radius 1 is 0.953 bits per heavy atom. The van der Waals surface area contributed by atoms with Crippen LogP contribution in [0.25, 0.3) is 6.08 Å². The number of allylic oxidation sites excluding steroid dienone is 4. The molecule has 8 atom stereocenters. The number of carbonyl (C=O) groups excluding carboxylic acids is 4. The van der Waals surface area contributed by atoms with Crippen molar-refractivity contribution in [3.05, 3.63) is 87.6 Å². The first-order chi connectivity index (χ1) is 31.1. The van der Waals surface area contributed by atoms with Crippen LogP contribution in [-0.4, -0.2) is 67.8 Å². The summed E-state index contributed by atoms with van der Waals surface area (Å²) in [7, 11) is 3.03. The summed E-state index contributed by atoms with van der Waals surface area (Å²) in [5, 5.41) is 25.2. The van der Waals surface area contributed by atoms with E-state index in [0.29, 0.717) is 53.7 Å². The molecule has 0 radical (unpaired) electrons. The lowest BCUT2D eigenvalue weighted by Crippen LogP contribution is -2.53. The molecule has 1 saturated heterocycles.